The number of hydrogen-bond acceptors (Lipinski definition) is 5. The standard InChI is InChI=1S/C25H25N3O4/c1-16-22-20(27-28-24(30)18-10-12-19(29)13-11-18)8-5-9-21(22)32-23(16)25(31)26-15-14-17-6-3-2-4-7-17/h2-4,6-7,10-13,29H,5,8-9,14-15H2,1H3,(H,26,31)(H,28,30)/b27-20+. The van der Waals surface area contributed by atoms with Crippen LogP contribution >= 0.6 is 0 Å². The molecule has 0 radical (unpaired) electrons. The molecule has 0 saturated heterocycles. The largest absolute Gasteiger partial charge is 0.508 e. The first-order valence-corrected chi connectivity index (χ1v) is 10.6. The molecule has 2 amide bonds. The van der Waals surface area contributed by atoms with Crippen molar-refractivity contribution in [1.29, 1.82) is 0 Å². The van der Waals surface area contributed by atoms with Gasteiger partial charge in [0.25, 0.3) is 11.8 Å². The van der Waals surface area contributed by atoms with Gasteiger partial charge in [0.05, 0.1) is 5.71 Å². The number of carbonyl (C=O) groups is 2. The summed E-state index contributed by atoms with van der Waals surface area (Å²) in [5.41, 5.74) is 6.35. The second-order valence-corrected chi connectivity index (χ2v) is 7.75. The van der Waals surface area contributed by atoms with Gasteiger partial charge in [-0.15, -0.1) is 0 Å². The number of hydrazone groups is 1. The molecule has 0 unspecified atom stereocenters. The van der Waals surface area contributed by atoms with E-state index in [4.69, 9.17) is 4.42 Å². The van der Waals surface area contributed by atoms with E-state index >= 15 is 0 Å². The van der Waals surface area contributed by atoms with Crippen molar-refractivity contribution in [3.63, 3.8) is 0 Å². The summed E-state index contributed by atoms with van der Waals surface area (Å²) in [6.45, 7) is 2.36. The smallest absolute Gasteiger partial charge is 0.287 e. The minimum Gasteiger partial charge on any atom is -0.508 e. The fraction of sp³-hybridized carbons (Fsp3) is 0.240. The molecular weight excluding hydrogens is 406 g/mol. The molecule has 1 aliphatic carbocycles. The van der Waals surface area contributed by atoms with Crippen molar-refractivity contribution in [3.05, 3.63) is 88.4 Å². The SMILES string of the molecule is Cc1c(C(=O)NCCc2ccccc2)oc2c1/C(=N/NC(=O)c1ccc(O)cc1)CCC2. The second kappa shape index (κ2) is 9.51. The van der Waals surface area contributed by atoms with Crippen LogP contribution in [0.1, 0.15) is 56.2 Å². The predicted molar refractivity (Wildman–Crippen MR) is 121 cm³/mol. The van der Waals surface area contributed by atoms with E-state index in [1.807, 2.05) is 37.3 Å². The Morgan fingerprint density at radius 2 is 1.78 bits per heavy atom. The summed E-state index contributed by atoms with van der Waals surface area (Å²) >= 11 is 0. The lowest BCUT2D eigenvalue weighted by Gasteiger charge is -2.13. The molecule has 0 fully saturated rings. The van der Waals surface area contributed by atoms with E-state index in [0.29, 0.717) is 30.0 Å². The summed E-state index contributed by atoms with van der Waals surface area (Å²) in [5.74, 6) is 0.487. The summed E-state index contributed by atoms with van der Waals surface area (Å²) in [7, 11) is 0. The van der Waals surface area contributed by atoms with Crippen LogP contribution in [-0.2, 0) is 12.8 Å². The number of amides is 2. The number of carbonyl (C=O) groups excluding carboxylic acids is 2. The van der Waals surface area contributed by atoms with Crippen molar-refractivity contribution < 1.29 is 19.1 Å². The quantitative estimate of drug-likeness (QED) is 0.517. The lowest BCUT2D eigenvalue weighted by atomic mass is 9.93. The van der Waals surface area contributed by atoms with Crippen molar-refractivity contribution in [2.45, 2.75) is 32.6 Å². The Morgan fingerprint density at radius 3 is 2.53 bits per heavy atom. The van der Waals surface area contributed by atoms with Crippen LogP contribution in [0.25, 0.3) is 0 Å². The predicted octanol–water partition coefficient (Wildman–Crippen LogP) is 3.74. The summed E-state index contributed by atoms with van der Waals surface area (Å²) in [6, 6.07) is 15.9. The number of aryl methyl sites for hydroxylation is 1. The number of furan rings is 1. The van der Waals surface area contributed by atoms with Gasteiger partial charge >= 0.3 is 0 Å². The third-order valence-electron chi connectivity index (χ3n) is 5.50. The zero-order chi connectivity index (χ0) is 22.5. The van der Waals surface area contributed by atoms with Crippen LogP contribution in [0.5, 0.6) is 5.75 Å². The molecule has 164 valence electrons. The maximum atomic E-state index is 12.7. The maximum absolute atomic E-state index is 12.7. The molecule has 0 aliphatic heterocycles. The van der Waals surface area contributed by atoms with Gasteiger partial charge in [-0.3, -0.25) is 9.59 Å². The van der Waals surface area contributed by atoms with Gasteiger partial charge in [0, 0.05) is 29.7 Å². The van der Waals surface area contributed by atoms with E-state index < -0.39 is 0 Å². The number of rotatable bonds is 6. The van der Waals surface area contributed by atoms with Gasteiger partial charge in [0.1, 0.15) is 11.5 Å². The highest BCUT2D eigenvalue weighted by Crippen LogP contribution is 2.29. The minimum absolute atomic E-state index is 0.0911. The van der Waals surface area contributed by atoms with Crippen molar-refractivity contribution >= 4 is 17.5 Å². The van der Waals surface area contributed by atoms with Gasteiger partial charge in [0.15, 0.2) is 5.76 Å². The Hall–Kier alpha value is -3.87. The number of nitrogens with zero attached hydrogens (tertiary/aromatic N) is 1. The topological polar surface area (TPSA) is 104 Å². The fourth-order valence-electron chi connectivity index (χ4n) is 3.84. The van der Waals surface area contributed by atoms with Crippen LogP contribution in [-0.4, -0.2) is 29.2 Å². The van der Waals surface area contributed by atoms with Crippen LogP contribution in [0.4, 0.5) is 0 Å². The summed E-state index contributed by atoms with van der Waals surface area (Å²) in [5, 5.41) is 16.6. The van der Waals surface area contributed by atoms with Crippen molar-refractivity contribution in [3.8, 4) is 5.75 Å². The molecule has 1 aromatic heterocycles. The number of nitrogens with one attached hydrogen (secondary N) is 2. The second-order valence-electron chi connectivity index (χ2n) is 7.75. The zero-order valence-electron chi connectivity index (χ0n) is 17.9. The first-order valence-electron chi connectivity index (χ1n) is 10.6. The Labute approximate surface area is 186 Å². The van der Waals surface area contributed by atoms with Gasteiger partial charge in [-0.25, -0.2) is 5.43 Å². The lowest BCUT2D eigenvalue weighted by molar-refractivity contribution is 0.0922. The Morgan fingerprint density at radius 1 is 1.03 bits per heavy atom. The zero-order valence-corrected chi connectivity index (χ0v) is 17.9. The molecule has 1 aliphatic rings. The molecule has 0 spiro atoms. The number of hydrogen-bond donors (Lipinski definition) is 3. The molecule has 3 aromatic rings. The minimum atomic E-state index is -0.371. The summed E-state index contributed by atoms with van der Waals surface area (Å²) < 4.78 is 5.90. The Balaban J connectivity index is 1.46. The monoisotopic (exact) mass is 431 g/mol. The van der Waals surface area contributed by atoms with E-state index in [9.17, 15) is 14.7 Å². The van der Waals surface area contributed by atoms with Gasteiger partial charge in [-0.2, -0.15) is 5.10 Å². The molecule has 0 atom stereocenters. The number of phenolic OH excluding ortho intramolecular Hbond substituents is 1. The van der Waals surface area contributed by atoms with Crippen LogP contribution in [0.2, 0.25) is 0 Å². The summed E-state index contributed by atoms with van der Waals surface area (Å²) in [6.07, 6.45) is 2.96. The third kappa shape index (κ3) is 4.72. The fourth-order valence-corrected chi connectivity index (χ4v) is 3.84. The molecule has 0 saturated carbocycles. The van der Waals surface area contributed by atoms with Crippen molar-refractivity contribution in [1.82, 2.24) is 10.7 Å². The van der Waals surface area contributed by atoms with Crippen molar-refractivity contribution in [2.75, 3.05) is 6.54 Å². The van der Waals surface area contributed by atoms with Crippen LogP contribution < -0.4 is 10.7 Å². The number of fused-ring (bicyclic) bond motifs is 1. The van der Waals surface area contributed by atoms with Gasteiger partial charge in [-0.1, -0.05) is 30.3 Å². The molecule has 2 aromatic carbocycles. The average molecular weight is 431 g/mol. The Bertz CT molecular complexity index is 1150. The van der Waals surface area contributed by atoms with E-state index in [-0.39, 0.29) is 17.6 Å². The molecular formula is C25H25N3O4. The van der Waals surface area contributed by atoms with E-state index in [1.54, 1.807) is 0 Å². The van der Waals surface area contributed by atoms with Gasteiger partial charge in [0.2, 0.25) is 0 Å². The number of phenols is 1. The van der Waals surface area contributed by atoms with Crippen LogP contribution in [0.3, 0.4) is 0 Å². The average Bonchev–Trinajstić information content (AvgIpc) is 3.16. The number of benzene rings is 2. The van der Waals surface area contributed by atoms with Gasteiger partial charge in [-0.05, 0) is 56.0 Å². The van der Waals surface area contributed by atoms with Crippen LogP contribution in [0, 0.1) is 6.92 Å². The molecule has 0 bridgehead atoms. The van der Waals surface area contributed by atoms with E-state index in [1.165, 1.54) is 24.3 Å². The molecule has 7 nitrogen and oxygen atoms in total. The molecule has 32 heavy (non-hydrogen) atoms. The van der Waals surface area contributed by atoms with Crippen molar-refractivity contribution in [2.24, 2.45) is 5.10 Å². The molecule has 4 rings (SSSR count). The lowest BCUT2D eigenvalue weighted by Crippen LogP contribution is -2.26. The van der Waals surface area contributed by atoms with Crippen LogP contribution in [0.15, 0.2) is 64.1 Å². The molecule has 1 heterocycles. The first-order chi connectivity index (χ1) is 15.5. The highest BCUT2D eigenvalue weighted by molar-refractivity contribution is 6.07. The third-order valence-corrected chi connectivity index (χ3v) is 5.50. The Kier molecular flexibility index (Phi) is 6.35. The maximum Gasteiger partial charge on any atom is 0.287 e. The highest BCUT2D eigenvalue weighted by Gasteiger charge is 2.28. The first kappa shape index (κ1) is 21.4. The normalized spacial score (nSPS) is 14.1. The summed E-state index contributed by atoms with van der Waals surface area (Å²) in [4.78, 5) is 25.1. The van der Waals surface area contributed by atoms with Gasteiger partial charge < -0.3 is 14.8 Å². The molecule has 7 heteroatoms. The van der Waals surface area contributed by atoms with E-state index in [0.717, 1.165) is 41.7 Å². The highest BCUT2D eigenvalue weighted by atomic mass is 16.4. The molecule has 3 N–H and O–H groups in total. The number of aromatic hydroxyl groups is 1. The van der Waals surface area contributed by atoms with E-state index in [2.05, 4.69) is 15.8 Å².